The molecular weight excluding hydrogens is 332 g/mol. The number of benzene rings is 1. The highest BCUT2D eigenvalue weighted by Crippen LogP contribution is 2.43. The number of ether oxygens (including phenoxy) is 1. The fourth-order valence-corrected chi connectivity index (χ4v) is 3.86. The Labute approximate surface area is 154 Å². The van der Waals surface area contributed by atoms with Gasteiger partial charge in [-0.3, -0.25) is 4.79 Å². The van der Waals surface area contributed by atoms with Crippen molar-refractivity contribution in [2.75, 3.05) is 0 Å². The molecule has 2 atom stereocenters. The van der Waals surface area contributed by atoms with Crippen LogP contribution in [0.3, 0.4) is 0 Å². The second kappa shape index (κ2) is 7.56. The van der Waals surface area contributed by atoms with Gasteiger partial charge in [-0.1, -0.05) is 32.0 Å². The molecule has 2 aliphatic carbocycles. The predicted octanol–water partition coefficient (Wildman–Crippen LogP) is 3.18. The third kappa shape index (κ3) is 4.11. The van der Waals surface area contributed by atoms with Crippen LogP contribution >= 0.6 is 0 Å². The SMILES string of the molecule is CC1(C)[C@@H](NC(=O)NC2CCC(C(=O)O)CC2)C[C@H]1Oc1ccccc1. The van der Waals surface area contributed by atoms with Gasteiger partial charge >= 0.3 is 12.0 Å². The number of nitrogens with one attached hydrogen (secondary N) is 2. The van der Waals surface area contributed by atoms with E-state index in [0.29, 0.717) is 12.8 Å². The maximum absolute atomic E-state index is 12.3. The zero-order chi connectivity index (χ0) is 18.7. The lowest BCUT2D eigenvalue weighted by molar-refractivity contribution is -0.142. The van der Waals surface area contributed by atoms with Crippen molar-refractivity contribution in [3.05, 3.63) is 30.3 Å². The maximum atomic E-state index is 12.3. The molecule has 26 heavy (non-hydrogen) atoms. The molecule has 0 aromatic heterocycles. The van der Waals surface area contributed by atoms with Crippen LogP contribution in [0.2, 0.25) is 0 Å². The Morgan fingerprint density at radius 2 is 1.73 bits per heavy atom. The van der Waals surface area contributed by atoms with Crippen molar-refractivity contribution in [1.29, 1.82) is 0 Å². The summed E-state index contributed by atoms with van der Waals surface area (Å²) in [4.78, 5) is 23.3. The molecule has 0 bridgehead atoms. The average Bonchev–Trinajstić information content (AvgIpc) is 2.62. The molecule has 2 saturated carbocycles. The van der Waals surface area contributed by atoms with E-state index >= 15 is 0 Å². The Morgan fingerprint density at radius 3 is 2.31 bits per heavy atom. The summed E-state index contributed by atoms with van der Waals surface area (Å²) < 4.78 is 6.03. The maximum Gasteiger partial charge on any atom is 0.315 e. The van der Waals surface area contributed by atoms with Gasteiger partial charge in [-0.05, 0) is 37.8 Å². The summed E-state index contributed by atoms with van der Waals surface area (Å²) in [6, 6.07) is 9.69. The molecule has 0 radical (unpaired) electrons. The van der Waals surface area contributed by atoms with Crippen LogP contribution in [0, 0.1) is 11.3 Å². The molecule has 6 nitrogen and oxygen atoms in total. The summed E-state index contributed by atoms with van der Waals surface area (Å²) in [6.45, 7) is 4.21. The quantitative estimate of drug-likeness (QED) is 0.752. The van der Waals surface area contributed by atoms with E-state index in [-0.39, 0.29) is 35.6 Å². The number of carbonyl (C=O) groups is 2. The van der Waals surface area contributed by atoms with E-state index in [1.54, 1.807) is 0 Å². The molecule has 0 unspecified atom stereocenters. The molecule has 3 rings (SSSR count). The first-order chi connectivity index (χ1) is 12.4. The third-order valence-corrected chi connectivity index (χ3v) is 5.92. The van der Waals surface area contributed by atoms with Gasteiger partial charge in [0.25, 0.3) is 0 Å². The van der Waals surface area contributed by atoms with Crippen LogP contribution < -0.4 is 15.4 Å². The van der Waals surface area contributed by atoms with Crippen LogP contribution in [-0.2, 0) is 4.79 Å². The van der Waals surface area contributed by atoms with Crippen molar-refractivity contribution in [2.24, 2.45) is 11.3 Å². The molecule has 6 heteroatoms. The Hall–Kier alpha value is -2.24. The molecule has 1 aromatic carbocycles. The van der Waals surface area contributed by atoms with Crippen molar-refractivity contribution in [3.8, 4) is 5.75 Å². The monoisotopic (exact) mass is 360 g/mol. The van der Waals surface area contributed by atoms with Crippen molar-refractivity contribution >= 4 is 12.0 Å². The minimum Gasteiger partial charge on any atom is -0.490 e. The predicted molar refractivity (Wildman–Crippen MR) is 98.1 cm³/mol. The standard InChI is InChI=1S/C20H28N2O4/c1-20(2)16(12-17(20)26-15-6-4-3-5-7-15)22-19(25)21-14-10-8-13(9-11-14)18(23)24/h3-7,13-14,16-17H,8-12H2,1-2H3,(H,23,24)(H2,21,22,25)/t13?,14?,16-,17+/m0/s1. The van der Waals surface area contributed by atoms with Gasteiger partial charge in [-0.25, -0.2) is 4.79 Å². The van der Waals surface area contributed by atoms with E-state index in [1.165, 1.54) is 0 Å². The summed E-state index contributed by atoms with van der Waals surface area (Å²) in [7, 11) is 0. The first kappa shape index (κ1) is 18.5. The van der Waals surface area contributed by atoms with E-state index in [2.05, 4.69) is 24.5 Å². The van der Waals surface area contributed by atoms with Gasteiger partial charge in [-0.2, -0.15) is 0 Å². The zero-order valence-corrected chi connectivity index (χ0v) is 15.4. The van der Waals surface area contributed by atoms with Crippen LogP contribution in [0.5, 0.6) is 5.75 Å². The first-order valence-corrected chi connectivity index (χ1v) is 9.38. The molecule has 0 saturated heterocycles. The first-order valence-electron chi connectivity index (χ1n) is 9.38. The number of rotatable bonds is 5. The van der Waals surface area contributed by atoms with Gasteiger partial charge in [-0.15, -0.1) is 0 Å². The molecule has 142 valence electrons. The number of carboxylic acids is 1. The fourth-order valence-electron chi connectivity index (χ4n) is 3.86. The van der Waals surface area contributed by atoms with E-state index < -0.39 is 5.97 Å². The number of carboxylic acid groups (broad SMARTS) is 1. The van der Waals surface area contributed by atoms with E-state index in [1.807, 2.05) is 30.3 Å². The molecule has 3 N–H and O–H groups in total. The average molecular weight is 360 g/mol. The largest absolute Gasteiger partial charge is 0.490 e. The number of hydrogen-bond donors (Lipinski definition) is 3. The lowest BCUT2D eigenvalue weighted by Gasteiger charge is -2.51. The number of aliphatic carboxylic acids is 1. The normalized spacial score (nSPS) is 29.9. The van der Waals surface area contributed by atoms with Crippen LogP contribution in [0.1, 0.15) is 46.0 Å². The van der Waals surface area contributed by atoms with E-state index in [0.717, 1.165) is 25.0 Å². The molecule has 2 fully saturated rings. The smallest absolute Gasteiger partial charge is 0.315 e. The van der Waals surface area contributed by atoms with Gasteiger partial charge in [0, 0.05) is 23.9 Å². The molecular formula is C20H28N2O4. The molecule has 0 aliphatic heterocycles. The highest BCUT2D eigenvalue weighted by atomic mass is 16.5. The Kier molecular flexibility index (Phi) is 5.39. The van der Waals surface area contributed by atoms with Crippen LogP contribution in [0.25, 0.3) is 0 Å². The van der Waals surface area contributed by atoms with Crippen molar-refractivity contribution in [1.82, 2.24) is 10.6 Å². The summed E-state index contributed by atoms with van der Waals surface area (Å²) in [5.74, 6) is -0.144. The van der Waals surface area contributed by atoms with Crippen LogP contribution in [0.15, 0.2) is 30.3 Å². The second-order valence-corrected chi connectivity index (χ2v) is 8.03. The summed E-state index contributed by atoms with van der Waals surface area (Å²) in [5, 5.41) is 15.1. The van der Waals surface area contributed by atoms with Gasteiger partial charge < -0.3 is 20.5 Å². The molecule has 2 aliphatic rings. The van der Waals surface area contributed by atoms with Crippen molar-refractivity contribution in [2.45, 2.75) is 64.1 Å². The highest BCUT2D eigenvalue weighted by molar-refractivity contribution is 5.75. The van der Waals surface area contributed by atoms with Gasteiger partial charge in [0.2, 0.25) is 0 Å². The fraction of sp³-hybridized carbons (Fsp3) is 0.600. The third-order valence-electron chi connectivity index (χ3n) is 5.92. The van der Waals surface area contributed by atoms with Crippen molar-refractivity contribution < 1.29 is 19.4 Å². The van der Waals surface area contributed by atoms with Gasteiger partial charge in [0.15, 0.2) is 0 Å². The minimum absolute atomic E-state index is 0.0603. The lowest BCUT2D eigenvalue weighted by Crippen LogP contribution is -2.64. The topological polar surface area (TPSA) is 87.7 Å². The molecule has 0 spiro atoms. The van der Waals surface area contributed by atoms with Crippen LogP contribution in [-0.4, -0.2) is 35.3 Å². The number of hydrogen-bond acceptors (Lipinski definition) is 3. The Morgan fingerprint density at radius 1 is 1.08 bits per heavy atom. The number of urea groups is 1. The van der Waals surface area contributed by atoms with E-state index in [9.17, 15) is 9.59 Å². The Bertz CT molecular complexity index is 638. The number of amides is 2. The second-order valence-electron chi connectivity index (χ2n) is 8.03. The number of para-hydroxylation sites is 1. The van der Waals surface area contributed by atoms with Gasteiger partial charge in [0.05, 0.1) is 5.92 Å². The lowest BCUT2D eigenvalue weighted by atomic mass is 9.64. The van der Waals surface area contributed by atoms with Crippen molar-refractivity contribution in [3.63, 3.8) is 0 Å². The minimum atomic E-state index is -0.728. The van der Waals surface area contributed by atoms with Crippen LogP contribution in [0.4, 0.5) is 4.79 Å². The summed E-state index contributed by atoms with van der Waals surface area (Å²) >= 11 is 0. The van der Waals surface area contributed by atoms with E-state index in [4.69, 9.17) is 9.84 Å². The highest BCUT2D eigenvalue weighted by Gasteiger charge is 2.50. The molecule has 0 heterocycles. The Balaban J connectivity index is 1.43. The zero-order valence-electron chi connectivity index (χ0n) is 15.4. The summed E-state index contributed by atoms with van der Waals surface area (Å²) in [5.41, 5.74) is -0.145. The molecule has 2 amide bonds. The number of carbonyl (C=O) groups excluding carboxylic acids is 1. The summed E-state index contributed by atoms with van der Waals surface area (Å²) in [6.07, 6.45) is 3.54. The van der Waals surface area contributed by atoms with Gasteiger partial charge in [0.1, 0.15) is 11.9 Å². The molecule has 1 aromatic rings.